The van der Waals surface area contributed by atoms with Crippen LogP contribution >= 0.6 is 0 Å². The molecule has 1 aromatic heterocycles. The summed E-state index contributed by atoms with van der Waals surface area (Å²) in [6.07, 6.45) is 0. The summed E-state index contributed by atoms with van der Waals surface area (Å²) in [5.41, 5.74) is 0.145. The highest BCUT2D eigenvalue weighted by Crippen LogP contribution is 2.20. The second-order valence-corrected chi connectivity index (χ2v) is 5.68. The first-order chi connectivity index (χ1) is 12.9. The Bertz CT molecular complexity index is 1080. The van der Waals surface area contributed by atoms with Gasteiger partial charge in [0.2, 0.25) is 0 Å². The minimum Gasteiger partial charge on any atom is -0.494 e. The molecule has 3 rings (SSSR count). The van der Waals surface area contributed by atoms with Crippen LogP contribution in [-0.4, -0.2) is 22.8 Å². The molecule has 0 bridgehead atoms. The van der Waals surface area contributed by atoms with E-state index in [1.807, 2.05) is 0 Å². The van der Waals surface area contributed by atoms with E-state index < -0.39 is 23.1 Å². The van der Waals surface area contributed by atoms with Gasteiger partial charge in [-0.2, -0.15) is 9.78 Å². The molecule has 0 aliphatic heterocycles. The quantitative estimate of drug-likeness (QED) is 0.765. The number of halogens is 2. The van der Waals surface area contributed by atoms with Crippen molar-refractivity contribution in [3.63, 3.8) is 0 Å². The Balaban J connectivity index is 2.07. The number of carbonyl (C=O) groups excluding carboxylic acids is 1. The molecule has 0 atom stereocenters. The average molecular weight is 371 g/mol. The molecule has 0 aliphatic carbocycles. The number of nitrogens with one attached hydrogen (secondary N) is 1. The van der Waals surface area contributed by atoms with Crippen molar-refractivity contribution in [2.24, 2.45) is 0 Å². The van der Waals surface area contributed by atoms with E-state index in [1.54, 1.807) is 31.2 Å². The number of benzene rings is 2. The smallest absolute Gasteiger partial charge is 0.280 e. The van der Waals surface area contributed by atoms with Gasteiger partial charge in [-0.1, -0.05) is 18.2 Å². The van der Waals surface area contributed by atoms with Gasteiger partial charge in [0.1, 0.15) is 11.6 Å². The van der Waals surface area contributed by atoms with E-state index in [9.17, 15) is 18.4 Å². The van der Waals surface area contributed by atoms with Crippen LogP contribution in [0.15, 0.2) is 53.3 Å². The summed E-state index contributed by atoms with van der Waals surface area (Å²) in [5.74, 6) is -2.45. The van der Waals surface area contributed by atoms with Crippen LogP contribution in [0.5, 0.6) is 5.75 Å². The molecule has 8 heteroatoms. The highest BCUT2D eigenvalue weighted by Gasteiger charge is 2.20. The van der Waals surface area contributed by atoms with E-state index in [0.717, 1.165) is 34.5 Å². The Hall–Kier alpha value is -3.55. The Morgan fingerprint density at radius 2 is 1.89 bits per heavy atom. The van der Waals surface area contributed by atoms with E-state index >= 15 is 0 Å². The first kappa shape index (κ1) is 18.2. The lowest BCUT2D eigenvalue weighted by Gasteiger charge is -2.13. The third-order valence-corrected chi connectivity index (χ3v) is 3.85. The molecule has 0 saturated heterocycles. The number of methoxy groups -OCH3 is 1. The second-order valence-electron chi connectivity index (χ2n) is 5.68. The zero-order chi connectivity index (χ0) is 19.6. The molecule has 6 nitrogen and oxygen atoms in total. The van der Waals surface area contributed by atoms with Crippen LogP contribution in [0.1, 0.15) is 16.1 Å². The standard InChI is InChI=1S/C19H15F2N3O3/c1-11-5-3-4-6-15(11)24-17(25)10-16(27-2)18(23-24)19(26)22-14-9-12(20)7-8-13(14)21/h3-10H,1-2H3,(H,22,26). The minimum absolute atomic E-state index is 0.0841. The van der Waals surface area contributed by atoms with E-state index in [2.05, 4.69) is 10.4 Å². The first-order valence-corrected chi connectivity index (χ1v) is 7.91. The molecule has 138 valence electrons. The van der Waals surface area contributed by atoms with Crippen LogP contribution in [-0.2, 0) is 0 Å². The lowest BCUT2D eigenvalue weighted by atomic mass is 10.2. The van der Waals surface area contributed by atoms with Gasteiger partial charge in [0, 0.05) is 6.07 Å². The second kappa shape index (κ2) is 7.36. The Labute approximate surface area is 153 Å². The zero-order valence-electron chi connectivity index (χ0n) is 14.5. The predicted octanol–water partition coefficient (Wildman–Crippen LogP) is 3.08. The number of aromatic nitrogens is 2. The molecular formula is C19H15F2N3O3. The fourth-order valence-corrected chi connectivity index (χ4v) is 2.50. The summed E-state index contributed by atoms with van der Waals surface area (Å²) < 4.78 is 33.2. The summed E-state index contributed by atoms with van der Waals surface area (Å²) in [6, 6.07) is 10.8. The van der Waals surface area contributed by atoms with Gasteiger partial charge in [0.25, 0.3) is 11.5 Å². The van der Waals surface area contributed by atoms with Crippen LogP contribution in [0, 0.1) is 18.6 Å². The molecule has 0 spiro atoms. The minimum atomic E-state index is -0.848. The van der Waals surface area contributed by atoms with E-state index in [0.29, 0.717) is 5.69 Å². The molecule has 1 amide bonds. The van der Waals surface area contributed by atoms with Crippen molar-refractivity contribution in [2.45, 2.75) is 6.92 Å². The first-order valence-electron chi connectivity index (χ1n) is 7.91. The molecule has 1 N–H and O–H groups in total. The molecule has 2 aromatic carbocycles. The number of aryl methyl sites for hydroxylation is 1. The fraction of sp³-hybridized carbons (Fsp3) is 0.105. The number of rotatable bonds is 4. The summed E-state index contributed by atoms with van der Waals surface area (Å²) in [6.45, 7) is 1.79. The van der Waals surface area contributed by atoms with Gasteiger partial charge in [-0.15, -0.1) is 0 Å². The topological polar surface area (TPSA) is 73.2 Å². The summed E-state index contributed by atoms with van der Waals surface area (Å²) in [7, 11) is 1.27. The fourth-order valence-electron chi connectivity index (χ4n) is 2.50. The molecular weight excluding hydrogens is 356 g/mol. The van der Waals surface area contributed by atoms with Gasteiger partial charge in [-0.3, -0.25) is 9.59 Å². The molecule has 0 saturated carbocycles. The molecule has 1 heterocycles. The highest BCUT2D eigenvalue weighted by atomic mass is 19.1. The van der Waals surface area contributed by atoms with Crippen molar-refractivity contribution in [3.05, 3.63) is 81.8 Å². The number of nitrogens with zero attached hydrogens (tertiary/aromatic N) is 2. The summed E-state index contributed by atoms with van der Waals surface area (Å²) in [5, 5.41) is 6.32. The van der Waals surface area contributed by atoms with Crippen molar-refractivity contribution in [1.82, 2.24) is 9.78 Å². The lowest BCUT2D eigenvalue weighted by molar-refractivity contribution is 0.101. The third kappa shape index (κ3) is 3.69. The maximum atomic E-state index is 13.8. The summed E-state index contributed by atoms with van der Waals surface area (Å²) in [4.78, 5) is 24.9. The van der Waals surface area contributed by atoms with Crippen LogP contribution < -0.4 is 15.6 Å². The van der Waals surface area contributed by atoms with Crippen LogP contribution in [0.3, 0.4) is 0 Å². The van der Waals surface area contributed by atoms with Crippen molar-refractivity contribution >= 4 is 11.6 Å². The number of ether oxygens (including phenoxy) is 1. The van der Waals surface area contributed by atoms with E-state index in [-0.39, 0.29) is 17.1 Å². The van der Waals surface area contributed by atoms with Gasteiger partial charge in [0.15, 0.2) is 11.4 Å². The monoisotopic (exact) mass is 371 g/mol. The van der Waals surface area contributed by atoms with Crippen molar-refractivity contribution < 1.29 is 18.3 Å². The molecule has 0 aliphatic rings. The SMILES string of the molecule is COc1cc(=O)n(-c2ccccc2C)nc1C(=O)Nc1cc(F)ccc1F. The normalized spacial score (nSPS) is 10.5. The highest BCUT2D eigenvalue weighted by molar-refractivity contribution is 6.04. The van der Waals surface area contributed by atoms with Gasteiger partial charge in [0.05, 0.1) is 24.6 Å². The summed E-state index contributed by atoms with van der Waals surface area (Å²) >= 11 is 0. The van der Waals surface area contributed by atoms with Gasteiger partial charge in [-0.05, 0) is 30.7 Å². The average Bonchev–Trinajstić information content (AvgIpc) is 2.65. The molecule has 0 radical (unpaired) electrons. The van der Waals surface area contributed by atoms with Crippen LogP contribution in [0.2, 0.25) is 0 Å². The van der Waals surface area contributed by atoms with Crippen LogP contribution in [0.25, 0.3) is 5.69 Å². The largest absolute Gasteiger partial charge is 0.494 e. The number of hydrogen-bond acceptors (Lipinski definition) is 4. The Morgan fingerprint density at radius 1 is 1.15 bits per heavy atom. The van der Waals surface area contributed by atoms with Gasteiger partial charge in [-0.25, -0.2) is 8.78 Å². The van der Waals surface area contributed by atoms with Gasteiger partial charge < -0.3 is 10.1 Å². The maximum Gasteiger partial charge on any atom is 0.280 e. The Kier molecular flexibility index (Phi) is 4.98. The molecule has 0 fully saturated rings. The van der Waals surface area contributed by atoms with E-state index in [1.165, 1.54) is 7.11 Å². The third-order valence-electron chi connectivity index (χ3n) is 3.85. The van der Waals surface area contributed by atoms with Crippen molar-refractivity contribution in [3.8, 4) is 11.4 Å². The number of anilines is 1. The number of amides is 1. The van der Waals surface area contributed by atoms with E-state index in [4.69, 9.17) is 4.74 Å². The predicted molar refractivity (Wildman–Crippen MR) is 95.4 cm³/mol. The number of hydrogen-bond donors (Lipinski definition) is 1. The molecule has 27 heavy (non-hydrogen) atoms. The maximum absolute atomic E-state index is 13.8. The van der Waals surface area contributed by atoms with Crippen molar-refractivity contribution in [2.75, 3.05) is 12.4 Å². The zero-order valence-corrected chi connectivity index (χ0v) is 14.5. The van der Waals surface area contributed by atoms with Gasteiger partial charge >= 0.3 is 0 Å². The molecule has 3 aromatic rings. The number of carbonyl (C=O) groups is 1. The van der Waals surface area contributed by atoms with Crippen molar-refractivity contribution in [1.29, 1.82) is 0 Å². The van der Waals surface area contributed by atoms with Crippen LogP contribution in [0.4, 0.5) is 14.5 Å². The lowest BCUT2D eigenvalue weighted by Crippen LogP contribution is -2.26. The number of para-hydroxylation sites is 1. The Morgan fingerprint density at radius 3 is 2.59 bits per heavy atom. The molecule has 0 unspecified atom stereocenters.